The van der Waals surface area contributed by atoms with E-state index >= 15 is 0 Å². The summed E-state index contributed by atoms with van der Waals surface area (Å²) >= 11 is 1.00. The lowest BCUT2D eigenvalue weighted by Crippen LogP contribution is -2.09. The van der Waals surface area contributed by atoms with Crippen LogP contribution in [0, 0.1) is 6.92 Å². The van der Waals surface area contributed by atoms with E-state index in [0.29, 0.717) is 27.2 Å². The molecule has 1 aromatic heterocycles. The molecule has 0 unspecified atom stereocenters. The second-order valence-corrected chi connectivity index (χ2v) is 8.61. The van der Waals surface area contributed by atoms with Gasteiger partial charge in [0, 0.05) is 32.1 Å². The Morgan fingerprint density at radius 2 is 1.81 bits per heavy atom. The van der Waals surface area contributed by atoms with Gasteiger partial charge < -0.3 is 4.98 Å². The second kappa shape index (κ2) is 6.55. The van der Waals surface area contributed by atoms with Crippen LogP contribution in [0.15, 0.2) is 52.3 Å². The van der Waals surface area contributed by atoms with E-state index in [1.165, 1.54) is 12.1 Å². The Hall–Kier alpha value is -2.13. The molecule has 0 aliphatic heterocycles. The minimum atomic E-state index is -4.45. The maximum atomic E-state index is 13.2. The monoisotopic (exact) mass is 400 g/mol. The van der Waals surface area contributed by atoms with Gasteiger partial charge in [0.15, 0.2) is 0 Å². The molecule has 3 rings (SSSR count). The number of nitrogens with one attached hydrogen (secondary N) is 2. The van der Waals surface area contributed by atoms with Crippen LogP contribution in [0.3, 0.4) is 0 Å². The summed E-state index contributed by atoms with van der Waals surface area (Å²) in [5.41, 5.74) is 1.07. The van der Waals surface area contributed by atoms with Crippen LogP contribution in [0.2, 0.25) is 0 Å². The fraction of sp³-hybridized carbons (Fsp3) is 0.176. The molecule has 0 amide bonds. The molecule has 0 spiro atoms. The molecule has 4 nitrogen and oxygen atoms in total. The number of aromatic nitrogens is 1. The summed E-state index contributed by atoms with van der Waals surface area (Å²) in [7, 11) is -3.45. The summed E-state index contributed by atoms with van der Waals surface area (Å²) in [5, 5.41) is 0.651. The first-order valence-electron chi connectivity index (χ1n) is 7.49. The average molecular weight is 400 g/mol. The van der Waals surface area contributed by atoms with E-state index in [1.807, 2.05) is 0 Å². The van der Waals surface area contributed by atoms with Gasteiger partial charge in [-0.2, -0.15) is 13.2 Å². The fourth-order valence-electron chi connectivity index (χ4n) is 2.61. The van der Waals surface area contributed by atoms with Crippen molar-refractivity contribution in [2.75, 3.05) is 11.0 Å². The summed E-state index contributed by atoms with van der Waals surface area (Å²) in [5.74, 6) is 0. The molecule has 0 aliphatic rings. The van der Waals surface area contributed by atoms with Crippen LogP contribution in [-0.4, -0.2) is 19.7 Å². The van der Waals surface area contributed by atoms with E-state index in [4.69, 9.17) is 0 Å². The first kappa shape index (κ1) is 18.7. The van der Waals surface area contributed by atoms with E-state index in [-0.39, 0.29) is 4.90 Å². The minimum Gasteiger partial charge on any atom is -0.358 e. The number of hydrogen-bond donors (Lipinski definition) is 2. The van der Waals surface area contributed by atoms with Gasteiger partial charge in [-0.1, -0.05) is 23.9 Å². The van der Waals surface area contributed by atoms with Gasteiger partial charge in [0.05, 0.1) is 11.8 Å². The Morgan fingerprint density at radius 1 is 1.12 bits per heavy atom. The molecular weight excluding hydrogens is 385 g/mol. The van der Waals surface area contributed by atoms with Crippen LogP contribution < -0.4 is 4.72 Å². The Morgan fingerprint density at radius 3 is 2.46 bits per heavy atom. The van der Waals surface area contributed by atoms with Crippen molar-refractivity contribution in [1.29, 1.82) is 0 Å². The smallest absolute Gasteiger partial charge is 0.358 e. The van der Waals surface area contributed by atoms with Crippen LogP contribution in [0.25, 0.3) is 10.9 Å². The largest absolute Gasteiger partial charge is 0.417 e. The molecule has 3 aromatic rings. The van der Waals surface area contributed by atoms with Crippen LogP contribution in [-0.2, 0) is 16.2 Å². The van der Waals surface area contributed by atoms with Crippen molar-refractivity contribution in [3.63, 3.8) is 0 Å². The molecule has 9 heteroatoms. The summed E-state index contributed by atoms with van der Waals surface area (Å²) in [6.07, 6.45) is -3.42. The number of rotatable bonds is 4. The average Bonchev–Trinajstić information content (AvgIpc) is 2.81. The second-order valence-electron chi connectivity index (χ2n) is 5.81. The van der Waals surface area contributed by atoms with Crippen molar-refractivity contribution in [1.82, 2.24) is 4.98 Å². The number of halogens is 3. The highest BCUT2D eigenvalue weighted by Gasteiger charge is 2.33. The highest BCUT2D eigenvalue weighted by atomic mass is 32.2. The van der Waals surface area contributed by atoms with E-state index in [2.05, 4.69) is 9.71 Å². The van der Waals surface area contributed by atoms with Gasteiger partial charge in [-0.15, -0.1) is 0 Å². The molecule has 0 aliphatic carbocycles. The van der Waals surface area contributed by atoms with Crippen LogP contribution in [0.5, 0.6) is 0 Å². The number of aromatic amines is 1. The number of H-pyrrole nitrogens is 1. The van der Waals surface area contributed by atoms with Crippen LogP contribution in [0.4, 0.5) is 18.9 Å². The highest BCUT2D eigenvalue weighted by Crippen LogP contribution is 2.43. The van der Waals surface area contributed by atoms with Gasteiger partial charge >= 0.3 is 6.18 Å². The quantitative estimate of drug-likeness (QED) is 0.647. The molecule has 0 bridgehead atoms. The normalized spacial score (nSPS) is 12.5. The zero-order chi connectivity index (χ0) is 19.1. The van der Waals surface area contributed by atoms with Crippen molar-refractivity contribution in [3.05, 3.63) is 53.7 Å². The lowest BCUT2D eigenvalue weighted by molar-refractivity contribution is -0.139. The maximum absolute atomic E-state index is 13.2. The van der Waals surface area contributed by atoms with Crippen LogP contribution in [0.1, 0.15) is 11.3 Å². The number of fused-ring (bicyclic) bond motifs is 1. The number of anilines is 1. The van der Waals surface area contributed by atoms with Crippen molar-refractivity contribution in [2.24, 2.45) is 0 Å². The third-order valence-electron chi connectivity index (χ3n) is 3.63. The number of alkyl halides is 3. The zero-order valence-corrected chi connectivity index (χ0v) is 15.4. The SMILES string of the molecule is Cc1[nH]c2ccc(NS(C)(=O)=O)cc2c1Sc1ccccc1C(F)(F)F. The number of aryl methyl sites for hydroxylation is 1. The number of sulfonamides is 1. The van der Waals surface area contributed by atoms with Gasteiger partial charge in [-0.05, 0) is 37.3 Å². The third-order valence-corrected chi connectivity index (χ3v) is 5.55. The molecule has 0 fully saturated rings. The predicted molar refractivity (Wildman–Crippen MR) is 97.1 cm³/mol. The van der Waals surface area contributed by atoms with Crippen molar-refractivity contribution in [3.8, 4) is 0 Å². The third kappa shape index (κ3) is 3.99. The number of benzene rings is 2. The first-order chi connectivity index (χ1) is 12.0. The van der Waals surface area contributed by atoms with Crippen LogP contribution >= 0.6 is 11.8 Å². The molecule has 0 atom stereocenters. The fourth-order valence-corrected chi connectivity index (χ4v) is 4.31. The highest BCUT2D eigenvalue weighted by molar-refractivity contribution is 7.99. The molecule has 0 saturated heterocycles. The Labute approximate surface area is 152 Å². The topological polar surface area (TPSA) is 62.0 Å². The predicted octanol–water partition coefficient (Wildman–Crippen LogP) is 5.02. The molecule has 1 heterocycles. The maximum Gasteiger partial charge on any atom is 0.417 e. The number of hydrogen-bond acceptors (Lipinski definition) is 3. The lowest BCUT2D eigenvalue weighted by Gasteiger charge is -2.12. The molecular formula is C17H15F3N2O2S2. The van der Waals surface area contributed by atoms with E-state index < -0.39 is 21.8 Å². The minimum absolute atomic E-state index is 0.0884. The van der Waals surface area contributed by atoms with Gasteiger partial charge in [0.1, 0.15) is 0 Å². The van der Waals surface area contributed by atoms with Crippen molar-refractivity contribution in [2.45, 2.75) is 22.9 Å². The molecule has 2 N–H and O–H groups in total. The van der Waals surface area contributed by atoms with E-state index in [0.717, 1.165) is 24.1 Å². The first-order valence-corrected chi connectivity index (χ1v) is 10.2. The van der Waals surface area contributed by atoms with Gasteiger partial charge in [-0.3, -0.25) is 4.72 Å². The van der Waals surface area contributed by atoms with Gasteiger partial charge in [0.2, 0.25) is 10.0 Å². The summed E-state index contributed by atoms with van der Waals surface area (Å²) in [6, 6.07) is 10.3. The molecule has 0 radical (unpaired) electrons. The molecule has 26 heavy (non-hydrogen) atoms. The summed E-state index contributed by atoms with van der Waals surface area (Å²) < 4.78 is 65.0. The standard InChI is InChI=1S/C17H15F3N2O2S2/c1-10-16(25-15-6-4-3-5-13(15)17(18,19)20)12-9-11(22-26(2,23)24)7-8-14(12)21-10/h3-9,21-22H,1-2H3. The zero-order valence-electron chi connectivity index (χ0n) is 13.8. The molecule has 0 saturated carbocycles. The summed E-state index contributed by atoms with van der Waals surface area (Å²) in [4.78, 5) is 3.82. The van der Waals surface area contributed by atoms with Crippen molar-refractivity contribution < 1.29 is 21.6 Å². The van der Waals surface area contributed by atoms with Crippen molar-refractivity contribution >= 4 is 38.4 Å². The Bertz CT molecular complexity index is 1070. The molecule has 2 aromatic carbocycles. The van der Waals surface area contributed by atoms with Gasteiger partial charge in [0.25, 0.3) is 0 Å². The van der Waals surface area contributed by atoms with E-state index in [1.54, 1.807) is 31.2 Å². The molecule has 138 valence electrons. The van der Waals surface area contributed by atoms with Gasteiger partial charge in [-0.25, -0.2) is 8.42 Å². The Kier molecular flexibility index (Phi) is 4.70. The van der Waals surface area contributed by atoms with E-state index in [9.17, 15) is 21.6 Å². The summed E-state index contributed by atoms with van der Waals surface area (Å²) in [6.45, 7) is 1.77. The Balaban J connectivity index is 2.09. The lowest BCUT2D eigenvalue weighted by atomic mass is 10.2.